The minimum absolute atomic E-state index is 0.0802. The third-order valence-corrected chi connectivity index (χ3v) is 6.73. The van der Waals surface area contributed by atoms with Crippen LogP contribution in [0.5, 0.6) is 0 Å². The minimum atomic E-state index is -1.17. The topological polar surface area (TPSA) is 110 Å². The van der Waals surface area contributed by atoms with Gasteiger partial charge in [0.05, 0.1) is 18.2 Å². The van der Waals surface area contributed by atoms with E-state index < -0.39 is 23.5 Å². The van der Waals surface area contributed by atoms with Crippen LogP contribution in [-0.2, 0) is 27.8 Å². The number of carboxylic acid groups (broad SMARTS) is 1. The summed E-state index contributed by atoms with van der Waals surface area (Å²) in [6.07, 6.45) is 1.50. The van der Waals surface area contributed by atoms with Crippen molar-refractivity contribution >= 4 is 45.4 Å². The molecule has 2 heterocycles. The highest BCUT2D eigenvalue weighted by Crippen LogP contribution is 2.37. The monoisotopic (exact) mass is 509 g/mol. The van der Waals surface area contributed by atoms with E-state index in [1.165, 1.54) is 0 Å². The van der Waals surface area contributed by atoms with Crippen LogP contribution in [0, 0.1) is 13.8 Å². The lowest BCUT2D eigenvalue weighted by molar-refractivity contribution is -0.141. The molecule has 2 N–H and O–H groups in total. The van der Waals surface area contributed by atoms with Crippen molar-refractivity contribution in [3.05, 3.63) is 79.9 Å². The lowest BCUT2D eigenvalue weighted by Gasteiger charge is -2.17. The zero-order chi connectivity index (χ0) is 26.4. The van der Waals surface area contributed by atoms with E-state index in [1.54, 1.807) is 37.5 Å². The van der Waals surface area contributed by atoms with Crippen LogP contribution >= 0.6 is 11.6 Å². The number of aliphatic carboxylic acids is 1. The summed E-state index contributed by atoms with van der Waals surface area (Å²) in [5.74, 6) is -1.75. The van der Waals surface area contributed by atoms with Crippen LogP contribution in [0.15, 0.2) is 50.2 Å². The van der Waals surface area contributed by atoms with Gasteiger partial charge in [-0.15, -0.1) is 0 Å². The van der Waals surface area contributed by atoms with Crippen molar-refractivity contribution in [3.8, 4) is 0 Å². The number of amides is 1. The van der Waals surface area contributed by atoms with Crippen LogP contribution in [0.3, 0.4) is 0 Å². The second-order valence-electron chi connectivity index (χ2n) is 10.1. The predicted octanol–water partition coefficient (Wildman–Crippen LogP) is 5.46. The standard InChI is InChI=1S/C28H28ClNO6/c1-14-18-11-20-21(28(3,4)5)13-35-24(20)15(2)25(18)36-27(34)19(14)12-23(31)30-22(26(32)33)10-16-6-8-17(29)9-7-16/h6-9,11,13,22H,10,12H2,1-5H3,(H,30,31)(H,32,33)/t22-/m1/s1. The van der Waals surface area contributed by atoms with Crippen LogP contribution in [-0.4, -0.2) is 23.0 Å². The molecule has 0 aliphatic heterocycles. The first-order valence-corrected chi connectivity index (χ1v) is 12.0. The van der Waals surface area contributed by atoms with Crippen molar-refractivity contribution < 1.29 is 23.5 Å². The van der Waals surface area contributed by atoms with Crippen molar-refractivity contribution in [3.63, 3.8) is 0 Å². The zero-order valence-corrected chi connectivity index (χ0v) is 21.6. The highest BCUT2D eigenvalue weighted by molar-refractivity contribution is 6.30. The van der Waals surface area contributed by atoms with Crippen molar-refractivity contribution in [1.29, 1.82) is 0 Å². The van der Waals surface area contributed by atoms with Gasteiger partial charge < -0.3 is 19.3 Å². The summed E-state index contributed by atoms with van der Waals surface area (Å²) in [5.41, 5.74) is 3.53. The average Bonchev–Trinajstić information content (AvgIpc) is 3.23. The van der Waals surface area contributed by atoms with Gasteiger partial charge in [-0.2, -0.15) is 0 Å². The number of hydrogen-bond donors (Lipinski definition) is 2. The summed E-state index contributed by atoms with van der Waals surface area (Å²) in [7, 11) is 0. The van der Waals surface area contributed by atoms with Crippen LogP contribution in [0.25, 0.3) is 21.9 Å². The number of fused-ring (bicyclic) bond motifs is 2. The Balaban J connectivity index is 1.67. The molecule has 0 aliphatic rings. The van der Waals surface area contributed by atoms with Gasteiger partial charge in [-0.05, 0) is 48.6 Å². The largest absolute Gasteiger partial charge is 0.480 e. The summed E-state index contributed by atoms with van der Waals surface area (Å²) in [4.78, 5) is 37.5. The zero-order valence-electron chi connectivity index (χ0n) is 20.8. The molecule has 0 radical (unpaired) electrons. The molecule has 1 amide bonds. The maximum absolute atomic E-state index is 12.9. The Labute approximate surface area is 213 Å². The number of carboxylic acids is 1. The molecule has 188 valence electrons. The normalized spacial score (nSPS) is 12.7. The fourth-order valence-corrected chi connectivity index (χ4v) is 4.57. The number of nitrogens with one attached hydrogen (secondary N) is 1. The highest BCUT2D eigenvalue weighted by atomic mass is 35.5. The van der Waals surface area contributed by atoms with Gasteiger partial charge in [0.1, 0.15) is 17.2 Å². The van der Waals surface area contributed by atoms with Crippen molar-refractivity contribution in [2.24, 2.45) is 0 Å². The minimum Gasteiger partial charge on any atom is -0.480 e. The predicted molar refractivity (Wildman–Crippen MR) is 139 cm³/mol. The summed E-state index contributed by atoms with van der Waals surface area (Å²) in [6, 6.07) is 7.50. The quantitative estimate of drug-likeness (QED) is 0.334. The number of carbonyl (C=O) groups is 2. The molecule has 1 atom stereocenters. The smallest absolute Gasteiger partial charge is 0.340 e. The molecule has 2 aromatic heterocycles. The summed E-state index contributed by atoms with van der Waals surface area (Å²) >= 11 is 5.89. The fourth-order valence-electron chi connectivity index (χ4n) is 4.44. The van der Waals surface area contributed by atoms with Crippen LogP contribution in [0.2, 0.25) is 5.02 Å². The van der Waals surface area contributed by atoms with Gasteiger partial charge in [0, 0.05) is 33.3 Å². The lowest BCUT2D eigenvalue weighted by atomic mass is 9.86. The molecular formula is C28H28ClNO6. The van der Waals surface area contributed by atoms with E-state index in [9.17, 15) is 19.5 Å². The number of hydrogen-bond acceptors (Lipinski definition) is 5. The Kier molecular flexibility index (Phi) is 6.71. The first kappa shape index (κ1) is 25.5. The van der Waals surface area contributed by atoms with E-state index >= 15 is 0 Å². The first-order valence-electron chi connectivity index (χ1n) is 11.6. The van der Waals surface area contributed by atoms with E-state index in [0.717, 1.165) is 10.9 Å². The Morgan fingerprint density at radius 2 is 1.72 bits per heavy atom. The van der Waals surface area contributed by atoms with Crippen LogP contribution < -0.4 is 10.9 Å². The Bertz CT molecular complexity index is 1540. The van der Waals surface area contributed by atoms with Crippen molar-refractivity contribution in [1.82, 2.24) is 5.32 Å². The lowest BCUT2D eigenvalue weighted by Crippen LogP contribution is -2.43. The van der Waals surface area contributed by atoms with E-state index in [0.29, 0.717) is 38.3 Å². The number of aryl methyl sites for hydroxylation is 2. The third-order valence-electron chi connectivity index (χ3n) is 6.47. The van der Waals surface area contributed by atoms with Gasteiger partial charge in [0.25, 0.3) is 0 Å². The SMILES string of the molecule is Cc1c(CC(=O)N[C@H](Cc2ccc(Cl)cc2)C(=O)O)c(=O)oc2c(C)c3occ(C(C)(C)C)c3cc12. The number of carbonyl (C=O) groups excluding carboxylic acids is 1. The van der Waals surface area contributed by atoms with Crippen molar-refractivity contribution in [2.75, 3.05) is 0 Å². The van der Waals surface area contributed by atoms with Gasteiger partial charge in [0.15, 0.2) is 0 Å². The Hall–Kier alpha value is -3.58. The summed E-state index contributed by atoms with van der Waals surface area (Å²) in [5, 5.41) is 14.3. The molecule has 36 heavy (non-hydrogen) atoms. The van der Waals surface area contributed by atoms with E-state index in [2.05, 4.69) is 26.1 Å². The van der Waals surface area contributed by atoms with Crippen molar-refractivity contribution in [2.45, 2.75) is 58.9 Å². The van der Waals surface area contributed by atoms with Gasteiger partial charge >= 0.3 is 11.6 Å². The molecule has 4 rings (SSSR count). The second-order valence-corrected chi connectivity index (χ2v) is 10.5. The third kappa shape index (κ3) is 4.88. The molecular weight excluding hydrogens is 482 g/mol. The molecule has 0 aliphatic carbocycles. The maximum atomic E-state index is 12.9. The molecule has 8 heteroatoms. The fraction of sp³-hybridized carbons (Fsp3) is 0.321. The number of benzene rings is 2. The average molecular weight is 510 g/mol. The van der Waals surface area contributed by atoms with E-state index in [1.807, 2.05) is 13.0 Å². The van der Waals surface area contributed by atoms with Gasteiger partial charge in [-0.25, -0.2) is 9.59 Å². The molecule has 0 unspecified atom stereocenters. The molecule has 7 nitrogen and oxygen atoms in total. The molecule has 0 spiro atoms. The number of halogens is 1. The first-order chi connectivity index (χ1) is 16.9. The van der Waals surface area contributed by atoms with Gasteiger partial charge in [-0.3, -0.25) is 4.79 Å². The van der Waals surface area contributed by atoms with Crippen LogP contribution in [0.1, 0.15) is 48.6 Å². The molecule has 0 saturated carbocycles. The molecule has 0 saturated heterocycles. The summed E-state index contributed by atoms with van der Waals surface area (Å²) in [6.45, 7) is 9.88. The maximum Gasteiger partial charge on any atom is 0.340 e. The number of rotatable bonds is 6. The van der Waals surface area contributed by atoms with Gasteiger partial charge in [-0.1, -0.05) is 44.5 Å². The highest BCUT2D eigenvalue weighted by Gasteiger charge is 2.25. The molecule has 0 fully saturated rings. The van der Waals surface area contributed by atoms with E-state index in [-0.39, 0.29) is 23.8 Å². The molecule has 2 aromatic carbocycles. The van der Waals surface area contributed by atoms with Gasteiger partial charge in [0.2, 0.25) is 5.91 Å². The molecule has 0 bridgehead atoms. The Morgan fingerprint density at radius 1 is 1.06 bits per heavy atom. The summed E-state index contributed by atoms with van der Waals surface area (Å²) < 4.78 is 11.5. The van der Waals surface area contributed by atoms with E-state index in [4.69, 9.17) is 20.4 Å². The second kappa shape index (κ2) is 9.47. The van der Waals surface area contributed by atoms with Crippen LogP contribution in [0.4, 0.5) is 0 Å². The Morgan fingerprint density at radius 3 is 2.33 bits per heavy atom. The number of furan rings is 1. The molecule has 4 aromatic rings.